The Morgan fingerprint density at radius 1 is 1.10 bits per heavy atom. The summed E-state index contributed by atoms with van der Waals surface area (Å²) in [6.45, 7) is 2.03. The smallest absolute Gasteiger partial charge is 0.255 e. The van der Waals surface area contributed by atoms with E-state index in [0.717, 1.165) is 18.6 Å². The second-order valence-electron chi connectivity index (χ2n) is 8.49. The Balaban J connectivity index is 1.60. The third-order valence-electron chi connectivity index (χ3n) is 6.54. The molecule has 2 aromatic carbocycles. The van der Waals surface area contributed by atoms with Gasteiger partial charge in [0.2, 0.25) is 0 Å². The fraction of sp³-hybridized carbons (Fsp3) is 0.409. The van der Waals surface area contributed by atoms with Gasteiger partial charge in [-0.2, -0.15) is 0 Å². The minimum absolute atomic E-state index is 0.0101. The summed E-state index contributed by atoms with van der Waals surface area (Å²) in [5.41, 5.74) is 0.0648. The minimum atomic E-state index is -3.84. The number of halogens is 3. The first-order valence-electron chi connectivity index (χ1n) is 10.1. The van der Waals surface area contributed by atoms with Crippen LogP contribution in [-0.4, -0.2) is 30.8 Å². The van der Waals surface area contributed by atoms with E-state index in [4.69, 9.17) is 11.6 Å². The molecule has 4 rings (SSSR count). The standard InChI is InChI=1S/C22H22ClF2NO4S/c1-11-6-13-7-15(10-16(11)21(13)27)31(29,30)20-8-12(2-4-17(20)23)22(28)26-14-3-5-18(24)19(25)9-14/h2-5,8-9,11,13,15-16,21,27H,6-7,10H2,1H3,(H,26,28)/t11-,13?,15+,16?,21+/m0/s1. The zero-order valence-electron chi connectivity index (χ0n) is 16.7. The monoisotopic (exact) mass is 469 g/mol. The van der Waals surface area contributed by atoms with Gasteiger partial charge < -0.3 is 10.4 Å². The molecule has 2 aliphatic carbocycles. The largest absolute Gasteiger partial charge is 0.393 e. The van der Waals surface area contributed by atoms with E-state index in [1.54, 1.807) is 0 Å². The van der Waals surface area contributed by atoms with Gasteiger partial charge in [0.25, 0.3) is 5.91 Å². The molecule has 2 aromatic rings. The van der Waals surface area contributed by atoms with Crippen molar-refractivity contribution in [1.82, 2.24) is 0 Å². The summed E-state index contributed by atoms with van der Waals surface area (Å²) >= 11 is 6.20. The van der Waals surface area contributed by atoms with Crippen LogP contribution >= 0.6 is 11.6 Å². The lowest BCUT2D eigenvalue weighted by atomic mass is 9.84. The normalized spacial score (nSPS) is 27.8. The van der Waals surface area contributed by atoms with E-state index in [1.165, 1.54) is 24.3 Å². The number of amides is 1. The van der Waals surface area contributed by atoms with Crippen molar-refractivity contribution >= 4 is 33.0 Å². The molecule has 2 bridgehead atoms. The summed E-state index contributed by atoms with van der Waals surface area (Å²) < 4.78 is 53.2. The second-order valence-corrected chi connectivity index (χ2v) is 11.1. The molecule has 5 nitrogen and oxygen atoms in total. The number of carbonyl (C=O) groups is 1. The van der Waals surface area contributed by atoms with Gasteiger partial charge in [0.05, 0.1) is 21.3 Å². The third-order valence-corrected chi connectivity index (χ3v) is 9.20. The first-order valence-corrected chi connectivity index (χ1v) is 12.0. The maximum absolute atomic E-state index is 13.4. The van der Waals surface area contributed by atoms with Gasteiger partial charge >= 0.3 is 0 Å². The van der Waals surface area contributed by atoms with Gasteiger partial charge in [-0.1, -0.05) is 18.5 Å². The molecule has 5 atom stereocenters. The summed E-state index contributed by atoms with van der Waals surface area (Å²) in [6.07, 6.45) is 1.02. The number of aliphatic hydroxyl groups excluding tert-OH is 1. The average molecular weight is 470 g/mol. The molecule has 2 N–H and O–H groups in total. The number of nitrogens with one attached hydrogen (secondary N) is 1. The van der Waals surface area contributed by atoms with Gasteiger partial charge in [-0.05, 0) is 67.3 Å². The highest BCUT2D eigenvalue weighted by Gasteiger charge is 2.49. The maximum Gasteiger partial charge on any atom is 0.255 e. The lowest BCUT2D eigenvalue weighted by Crippen LogP contribution is -2.38. The maximum atomic E-state index is 13.4. The van der Waals surface area contributed by atoms with Crippen LogP contribution in [0.1, 0.15) is 36.5 Å². The quantitative estimate of drug-likeness (QED) is 0.693. The Kier molecular flexibility index (Phi) is 5.83. The fourth-order valence-electron chi connectivity index (χ4n) is 4.90. The van der Waals surface area contributed by atoms with Crippen molar-refractivity contribution in [3.8, 4) is 0 Å². The van der Waals surface area contributed by atoms with Crippen LogP contribution in [0.4, 0.5) is 14.5 Å². The molecule has 2 fully saturated rings. The molecule has 9 heteroatoms. The SMILES string of the molecule is C[C@H]1CC2C[C@@H](S(=O)(=O)c3cc(C(=O)Nc4ccc(F)c(F)c4)ccc3Cl)CC1[C@@H]2O. The molecule has 0 aromatic heterocycles. The summed E-state index contributed by atoms with van der Waals surface area (Å²) in [7, 11) is -3.84. The molecule has 0 radical (unpaired) electrons. The first-order chi connectivity index (χ1) is 14.6. The summed E-state index contributed by atoms with van der Waals surface area (Å²) in [4.78, 5) is 12.4. The minimum Gasteiger partial charge on any atom is -0.393 e. The molecule has 2 saturated carbocycles. The second kappa shape index (κ2) is 8.15. The zero-order valence-corrected chi connectivity index (χ0v) is 18.3. The Morgan fingerprint density at radius 2 is 1.84 bits per heavy atom. The van der Waals surface area contributed by atoms with Crippen molar-refractivity contribution in [2.45, 2.75) is 42.4 Å². The molecule has 31 heavy (non-hydrogen) atoms. The molecule has 0 spiro atoms. The highest BCUT2D eigenvalue weighted by Crippen LogP contribution is 2.48. The number of carbonyl (C=O) groups excluding carboxylic acids is 1. The van der Waals surface area contributed by atoms with Crippen LogP contribution in [0.2, 0.25) is 5.02 Å². The molecule has 0 aliphatic heterocycles. The fourth-order valence-corrected chi connectivity index (χ4v) is 7.30. The van der Waals surface area contributed by atoms with E-state index < -0.39 is 38.7 Å². The van der Waals surface area contributed by atoms with Gasteiger partial charge in [-0.3, -0.25) is 4.79 Å². The lowest BCUT2D eigenvalue weighted by Gasteiger charge is -2.32. The van der Waals surface area contributed by atoms with Crippen molar-refractivity contribution in [2.24, 2.45) is 17.8 Å². The predicted octanol–water partition coefficient (Wildman–Crippen LogP) is 4.44. The molecular formula is C22H22ClF2NO4S. The number of rotatable bonds is 4. The average Bonchev–Trinajstić information content (AvgIpc) is 2.87. The molecule has 2 aliphatic rings. The van der Waals surface area contributed by atoms with Gasteiger partial charge in [0.1, 0.15) is 0 Å². The number of hydrogen-bond acceptors (Lipinski definition) is 4. The highest BCUT2D eigenvalue weighted by atomic mass is 35.5. The molecule has 0 heterocycles. The Hall–Kier alpha value is -2.03. The predicted molar refractivity (Wildman–Crippen MR) is 113 cm³/mol. The summed E-state index contributed by atoms with van der Waals surface area (Å²) in [5, 5.41) is 12.1. The van der Waals surface area contributed by atoms with Gasteiger partial charge in [-0.25, -0.2) is 17.2 Å². The van der Waals surface area contributed by atoms with E-state index in [0.29, 0.717) is 12.8 Å². The van der Waals surface area contributed by atoms with Crippen LogP contribution in [0.5, 0.6) is 0 Å². The Labute approximate surface area is 184 Å². The number of benzene rings is 2. The van der Waals surface area contributed by atoms with E-state index in [1.807, 2.05) is 6.92 Å². The van der Waals surface area contributed by atoms with Crippen LogP contribution in [-0.2, 0) is 9.84 Å². The molecule has 166 valence electrons. The summed E-state index contributed by atoms with van der Waals surface area (Å²) in [6, 6.07) is 6.84. The molecular weight excluding hydrogens is 448 g/mol. The molecule has 2 unspecified atom stereocenters. The zero-order chi connectivity index (χ0) is 22.5. The summed E-state index contributed by atoms with van der Waals surface area (Å²) in [5.74, 6) is -2.71. The van der Waals surface area contributed by atoms with Crippen LogP contribution in [0.25, 0.3) is 0 Å². The van der Waals surface area contributed by atoms with Crippen LogP contribution in [0, 0.1) is 29.4 Å². The van der Waals surface area contributed by atoms with Crippen LogP contribution in [0.15, 0.2) is 41.3 Å². The number of sulfone groups is 1. The first kappa shape index (κ1) is 22.2. The van der Waals surface area contributed by atoms with E-state index in [-0.39, 0.29) is 38.9 Å². The van der Waals surface area contributed by atoms with E-state index >= 15 is 0 Å². The number of anilines is 1. The molecule has 0 saturated heterocycles. The van der Waals surface area contributed by atoms with Crippen molar-refractivity contribution in [1.29, 1.82) is 0 Å². The highest BCUT2D eigenvalue weighted by molar-refractivity contribution is 7.92. The van der Waals surface area contributed by atoms with Gasteiger partial charge in [-0.15, -0.1) is 0 Å². The van der Waals surface area contributed by atoms with Gasteiger partial charge in [0, 0.05) is 17.3 Å². The third kappa shape index (κ3) is 4.08. The van der Waals surface area contributed by atoms with E-state index in [9.17, 15) is 27.1 Å². The van der Waals surface area contributed by atoms with Gasteiger partial charge in [0.15, 0.2) is 21.5 Å². The topological polar surface area (TPSA) is 83.5 Å². The van der Waals surface area contributed by atoms with Crippen molar-refractivity contribution < 1.29 is 27.1 Å². The lowest BCUT2D eigenvalue weighted by molar-refractivity contribution is 0.0552. The van der Waals surface area contributed by atoms with Crippen molar-refractivity contribution in [2.75, 3.05) is 5.32 Å². The Bertz CT molecular complexity index is 1140. The van der Waals surface area contributed by atoms with E-state index in [2.05, 4.69) is 5.32 Å². The number of fused-ring (bicyclic) bond motifs is 2. The molecule has 1 amide bonds. The van der Waals surface area contributed by atoms with Crippen LogP contribution in [0.3, 0.4) is 0 Å². The Morgan fingerprint density at radius 3 is 2.52 bits per heavy atom. The van der Waals surface area contributed by atoms with Crippen LogP contribution < -0.4 is 5.32 Å². The van der Waals surface area contributed by atoms with Crippen molar-refractivity contribution in [3.05, 3.63) is 58.6 Å². The number of aliphatic hydroxyl groups is 1. The number of hydrogen-bond donors (Lipinski definition) is 2. The van der Waals surface area contributed by atoms with Crippen molar-refractivity contribution in [3.63, 3.8) is 0 Å².